The van der Waals surface area contributed by atoms with E-state index >= 15 is 0 Å². The predicted molar refractivity (Wildman–Crippen MR) is 75.8 cm³/mol. The number of nitrogens with one attached hydrogen (secondary N) is 1. The monoisotopic (exact) mass is 263 g/mol. The Bertz CT molecular complexity index is 436. The molecule has 0 saturated carbocycles. The maximum Gasteiger partial charge on any atom is 0.224 e. The zero-order valence-corrected chi connectivity index (χ0v) is 11.0. The van der Waals surface area contributed by atoms with Gasteiger partial charge in [0, 0.05) is 19.5 Å². The van der Waals surface area contributed by atoms with Crippen LogP contribution in [0.25, 0.3) is 0 Å². The van der Waals surface area contributed by atoms with Gasteiger partial charge in [-0.15, -0.1) is 0 Å². The van der Waals surface area contributed by atoms with E-state index in [1.807, 2.05) is 12.1 Å². The summed E-state index contributed by atoms with van der Waals surface area (Å²) in [4.78, 5) is 14.0. The van der Waals surface area contributed by atoms with Crippen LogP contribution in [-0.2, 0) is 4.79 Å². The molecule has 1 aromatic rings. The average molecular weight is 263 g/mol. The summed E-state index contributed by atoms with van der Waals surface area (Å²) in [6.07, 6.45) is 1.91. The molecule has 1 fully saturated rings. The summed E-state index contributed by atoms with van der Waals surface area (Å²) in [5.41, 5.74) is 7.01. The Labute approximate surface area is 113 Å². The van der Waals surface area contributed by atoms with Gasteiger partial charge in [0.25, 0.3) is 0 Å². The van der Waals surface area contributed by atoms with Crippen molar-refractivity contribution in [1.29, 1.82) is 0 Å². The van der Waals surface area contributed by atoms with E-state index in [-0.39, 0.29) is 12.0 Å². The van der Waals surface area contributed by atoms with Crippen LogP contribution in [0.3, 0.4) is 0 Å². The Morgan fingerprint density at radius 3 is 2.95 bits per heavy atom. The lowest BCUT2D eigenvalue weighted by atomic mass is 10.2. The number of anilines is 2. The van der Waals surface area contributed by atoms with Crippen molar-refractivity contribution in [3.05, 3.63) is 24.3 Å². The zero-order chi connectivity index (χ0) is 13.7. The van der Waals surface area contributed by atoms with Gasteiger partial charge >= 0.3 is 0 Å². The van der Waals surface area contributed by atoms with Gasteiger partial charge in [-0.3, -0.25) is 4.79 Å². The first kappa shape index (κ1) is 13.8. The Morgan fingerprint density at radius 1 is 1.47 bits per heavy atom. The van der Waals surface area contributed by atoms with E-state index < -0.39 is 0 Å². The van der Waals surface area contributed by atoms with Crippen LogP contribution in [0.15, 0.2) is 24.3 Å². The van der Waals surface area contributed by atoms with Crippen LogP contribution in [0.2, 0.25) is 0 Å². The maximum atomic E-state index is 11.8. The van der Waals surface area contributed by atoms with Crippen LogP contribution in [0, 0.1) is 0 Å². The van der Waals surface area contributed by atoms with Gasteiger partial charge in [-0.25, -0.2) is 0 Å². The lowest BCUT2D eigenvalue weighted by molar-refractivity contribution is -0.116. The van der Waals surface area contributed by atoms with E-state index in [2.05, 4.69) is 10.2 Å². The number of carbonyl (C=O) groups excluding carboxylic acids is 1. The summed E-state index contributed by atoms with van der Waals surface area (Å²) in [6, 6.07) is 7.24. The number of hydrogen-bond donors (Lipinski definition) is 3. The number of aliphatic hydroxyl groups is 1. The Hall–Kier alpha value is -1.59. The number of carbonyl (C=O) groups is 1. The van der Waals surface area contributed by atoms with Crippen LogP contribution in [0.5, 0.6) is 0 Å². The average Bonchev–Trinajstić information content (AvgIpc) is 2.78. The first-order valence-corrected chi connectivity index (χ1v) is 6.70. The van der Waals surface area contributed by atoms with Crippen LogP contribution in [0.4, 0.5) is 11.4 Å². The molecule has 1 aliphatic heterocycles. The Balaban J connectivity index is 1.69. The molecule has 1 atom stereocenters. The van der Waals surface area contributed by atoms with E-state index in [1.165, 1.54) is 0 Å². The number of likely N-dealkylation sites (tertiary alicyclic amines) is 1. The molecule has 0 radical (unpaired) electrons. The highest BCUT2D eigenvalue weighted by molar-refractivity contribution is 5.93. The van der Waals surface area contributed by atoms with Gasteiger partial charge in [0.2, 0.25) is 5.91 Å². The molecule has 0 aliphatic carbocycles. The Morgan fingerprint density at radius 2 is 2.26 bits per heavy atom. The molecule has 1 aromatic carbocycles. The molecule has 5 heteroatoms. The second kappa shape index (κ2) is 6.54. The second-order valence-electron chi connectivity index (χ2n) is 4.98. The highest BCUT2D eigenvalue weighted by Gasteiger charge is 2.19. The quantitative estimate of drug-likeness (QED) is 0.694. The summed E-state index contributed by atoms with van der Waals surface area (Å²) in [5, 5.41) is 12.2. The fraction of sp³-hybridized carbons (Fsp3) is 0.500. The molecule has 0 aromatic heterocycles. The van der Waals surface area contributed by atoms with Crippen LogP contribution < -0.4 is 11.1 Å². The van der Waals surface area contributed by atoms with Crippen molar-refractivity contribution in [1.82, 2.24) is 4.90 Å². The molecule has 1 heterocycles. The molecular formula is C14H21N3O2. The normalized spacial score (nSPS) is 19.5. The van der Waals surface area contributed by atoms with Crippen molar-refractivity contribution in [3.8, 4) is 0 Å². The summed E-state index contributed by atoms with van der Waals surface area (Å²) in [7, 11) is 0. The van der Waals surface area contributed by atoms with Gasteiger partial charge in [-0.05, 0) is 31.5 Å². The fourth-order valence-electron chi connectivity index (χ4n) is 2.30. The molecule has 104 valence electrons. The van der Waals surface area contributed by atoms with E-state index in [0.29, 0.717) is 17.8 Å². The van der Waals surface area contributed by atoms with Crippen molar-refractivity contribution >= 4 is 17.3 Å². The van der Waals surface area contributed by atoms with Gasteiger partial charge in [0.1, 0.15) is 0 Å². The number of aliphatic hydroxyl groups excluding tert-OH is 1. The summed E-state index contributed by atoms with van der Waals surface area (Å²) < 4.78 is 0. The number of nitrogens with two attached hydrogens (primary N) is 1. The SMILES string of the molecule is Nc1ccccc1NC(=O)CCCN1CCC(O)C1. The number of β-amino-alcohol motifs (C(OH)–C–C–N with tert-alkyl or cyclic N) is 1. The minimum atomic E-state index is -0.196. The molecule has 4 N–H and O–H groups in total. The van der Waals surface area contributed by atoms with Crippen molar-refractivity contribution in [2.75, 3.05) is 30.7 Å². The Kier molecular flexibility index (Phi) is 4.76. The molecular weight excluding hydrogens is 242 g/mol. The van der Waals surface area contributed by atoms with Crippen LogP contribution >= 0.6 is 0 Å². The van der Waals surface area contributed by atoms with Gasteiger partial charge in [-0.1, -0.05) is 12.1 Å². The highest BCUT2D eigenvalue weighted by atomic mass is 16.3. The number of rotatable bonds is 5. The van der Waals surface area contributed by atoms with Crippen molar-refractivity contribution in [3.63, 3.8) is 0 Å². The topological polar surface area (TPSA) is 78.6 Å². The van der Waals surface area contributed by atoms with E-state index in [4.69, 9.17) is 5.73 Å². The van der Waals surface area contributed by atoms with Gasteiger partial charge < -0.3 is 21.1 Å². The molecule has 5 nitrogen and oxygen atoms in total. The summed E-state index contributed by atoms with van der Waals surface area (Å²) in [6.45, 7) is 2.51. The van der Waals surface area contributed by atoms with Crippen LogP contribution in [0.1, 0.15) is 19.3 Å². The van der Waals surface area contributed by atoms with E-state index in [9.17, 15) is 9.90 Å². The molecule has 1 unspecified atom stereocenters. The maximum absolute atomic E-state index is 11.8. The third-order valence-electron chi connectivity index (χ3n) is 3.36. The van der Waals surface area contributed by atoms with E-state index in [0.717, 1.165) is 32.5 Å². The summed E-state index contributed by atoms with van der Waals surface area (Å²) >= 11 is 0. The number of para-hydroxylation sites is 2. The third kappa shape index (κ3) is 4.22. The first-order chi connectivity index (χ1) is 9.15. The van der Waals surface area contributed by atoms with Crippen molar-refractivity contribution < 1.29 is 9.90 Å². The van der Waals surface area contributed by atoms with E-state index in [1.54, 1.807) is 12.1 Å². The fourth-order valence-corrected chi connectivity index (χ4v) is 2.30. The number of benzene rings is 1. The number of nitrogens with zero attached hydrogens (tertiary/aromatic N) is 1. The lowest BCUT2D eigenvalue weighted by Gasteiger charge is -2.14. The minimum Gasteiger partial charge on any atom is -0.397 e. The first-order valence-electron chi connectivity index (χ1n) is 6.70. The third-order valence-corrected chi connectivity index (χ3v) is 3.36. The van der Waals surface area contributed by atoms with Crippen LogP contribution in [-0.4, -0.2) is 41.7 Å². The molecule has 19 heavy (non-hydrogen) atoms. The predicted octanol–water partition coefficient (Wildman–Crippen LogP) is 1.05. The highest BCUT2D eigenvalue weighted by Crippen LogP contribution is 2.17. The number of nitrogen functional groups attached to an aromatic ring is 1. The van der Waals surface area contributed by atoms with Gasteiger partial charge in [0.15, 0.2) is 0 Å². The minimum absolute atomic E-state index is 0.0161. The summed E-state index contributed by atoms with van der Waals surface area (Å²) in [5.74, 6) is -0.0161. The molecule has 2 rings (SSSR count). The smallest absolute Gasteiger partial charge is 0.224 e. The molecule has 0 spiro atoms. The van der Waals surface area contributed by atoms with Gasteiger partial charge in [-0.2, -0.15) is 0 Å². The molecule has 1 saturated heterocycles. The van der Waals surface area contributed by atoms with Crippen molar-refractivity contribution in [2.24, 2.45) is 0 Å². The van der Waals surface area contributed by atoms with Crippen molar-refractivity contribution in [2.45, 2.75) is 25.4 Å². The van der Waals surface area contributed by atoms with Gasteiger partial charge in [0.05, 0.1) is 17.5 Å². The lowest BCUT2D eigenvalue weighted by Crippen LogP contribution is -2.24. The molecule has 1 amide bonds. The zero-order valence-electron chi connectivity index (χ0n) is 11.0. The number of amides is 1. The molecule has 1 aliphatic rings. The second-order valence-corrected chi connectivity index (χ2v) is 4.98. The number of hydrogen-bond acceptors (Lipinski definition) is 4. The standard InChI is InChI=1S/C14H21N3O2/c15-12-4-1-2-5-13(12)16-14(19)6-3-8-17-9-7-11(18)10-17/h1-2,4-5,11,18H,3,6-10,15H2,(H,16,19). The largest absolute Gasteiger partial charge is 0.397 e. The molecule has 0 bridgehead atoms.